The maximum Gasteiger partial charge on any atom is 0.311 e. The number of hydrogen-bond donors (Lipinski definition) is 3. The van der Waals surface area contributed by atoms with E-state index in [0.29, 0.717) is 42.1 Å². The molecule has 2 aromatic heterocycles. The predicted octanol–water partition coefficient (Wildman–Crippen LogP) is 5.57. The van der Waals surface area contributed by atoms with Gasteiger partial charge in [0.25, 0.3) is 5.91 Å². The highest BCUT2D eigenvalue weighted by molar-refractivity contribution is 7.09. The van der Waals surface area contributed by atoms with E-state index in [9.17, 15) is 24.3 Å². The summed E-state index contributed by atoms with van der Waals surface area (Å²) in [6.07, 6.45) is 5.49. The van der Waals surface area contributed by atoms with Crippen LogP contribution in [0, 0.1) is 11.8 Å². The van der Waals surface area contributed by atoms with Gasteiger partial charge < -0.3 is 30.1 Å². The number of rotatable bonds is 18. The molecule has 2 aliphatic rings. The maximum absolute atomic E-state index is 15.0. The van der Waals surface area contributed by atoms with E-state index in [2.05, 4.69) is 34.4 Å². The number of carbonyl (C=O) groups is 4. The number of nitrogens with zero attached hydrogens (tertiary/aromatic N) is 4. The van der Waals surface area contributed by atoms with Crippen molar-refractivity contribution in [2.75, 3.05) is 27.5 Å². The van der Waals surface area contributed by atoms with E-state index < -0.39 is 36.0 Å². The van der Waals surface area contributed by atoms with Crippen molar-refractivity contribution in [3.8, 4) is 0 Å². The number of aromatic nitrogens is 2. The third-order valence-electron chi connectivity index (χ3n) is 11.3. The van der Waals surface area contributed by atoms with E-state index >= 15 is 0 Å². The molecule has 7 atom stereocenters. The zero-order chi connectivity index (χ0) is 40.4. The lowest BCUT2D eigenvalue weighted by atomic mass is 9.82. The fourth-order valence-electron chi connectivity index (χ4n) is 7.83. The Morgan fingerprint density at radius 2 is 1.86 bits per heavy atom. The van der Waals surface area contributed by atoms with E-state index in [0.717, 1.165) is 31.4 Å². The number of carboxylic acids is 1. The van der Waals surface area contributed by atoms with Gasteiger partial charge in [0.2, 0.25) is 11.8 Å². The van der Waals surface area contributed by atoms with Crippen molar-refractivity contribution in [3.63, 3.8) is 0 Å². The van der Waals surface area contributed by atoms with Crippen LogP contribution in [-0.2, 0) is 36.8 Å². The highest BCUT2D eigenvalue weighted by Gasteiger charge is 2.39. The summed E-state index contributed by atoms with van der Waals surface area (Å²) in [5.74, 6) is -2.56. The number of fused-ring (bicyclic) bond motifs is 1. The van der Waals surface area contributed by atoms with Crippen molar-refractivity contribution in [2.24, 2.45) is 11.8 Å². The van der Waals surface area contributed by atoms with Gasteiger partial charge >= 0.3 is 5.97 Å². The second-order valence-electron chi connectivity index (χ2n) is 15.5. The number of likely N-dealkylation sites (tertiary alicyclic amines) is 1. The molecule has 13 nitrogen and oxygen atoms in total. The number of methoxy groups -OCH3 is 1. The molecule has 0 spiro atoms. The van der Waals surface area contributed by atoms with Crippen LogP contribution in [0.2, 0.25) is 0 Å². The molecule has 3 heterocycles. The Morgan fingerprint density at radius 1 is 1.09 bits per heavy atom. The van der Waals surface area contributed by atoms with Crippen LogP contribution in [0.1, 0.15) is 111 Å². The number of carbonyl (C=O) groups excluding carboxylic acids is 3. The lowest BCUT2D eigenvalue weighted by Crippen LogP contribution is -2.58. The van der Waals surface area contributed by atoms with E-state index in [4.69, 9.17) is 14.5 Å². The first-order valence-corrected chi connectivity index (χ1v) is 20.7. The van der Waals surface area contributed by atoms with Gasteiger partial charge in [-0.05, 0) is 61.9 Å². The minimum absolute atomic E-state index is 0.0261. The number of thiazole rings is 1. The van der Waals surface area contributed by atoms with Crippen LogP contribution < -0.4 is 10.6 Å². The lowest BCUT2D eigenvalue weighted by Gasteiger charge is -2.40. The summed E-state index contributed by atoms with van der Waals surface area (Å²) in [7, 11) is 3.50. The van der Waals surface area contributed by atoms with Gasteiger partial charge in [-0.2, -0.15) is 0 Å². The van der Waals surface area contributed by atoms with Crippen molar-refractivity contribution in [1.82, 2.24) is 30.4 Å². The molecule has 1 saturated heterocycles. The van der Waals surface area contributed by atoms with Crippen LogP contribution in [0.15, 0.2) is 54.0 Å². The Kier molecular flexibility index (Phi) is 15.5. The highest BCUT2D eigenvalue weighted by atomic mass is 32.1. The van der Waals surface area contributed by atoms with E-state index in [1.54, 1.807) is 23.7 Å². The van der Waals surface area contributed by atoms with E-state index in [1.165, 1.54) is 18.4 Å². The van der Waals surface area contributed by atoms with Crippen LogP contribution >= 0.6 is 11.3 Å². The van der Waals surface area contributed by atoms with Crippen LogP contribution in [0.3, 0.4) is 0 Å². The molecule has 3 aromatic rings. The number of pyridine rings is 1. The molecule has 0 radical (unpaired) electrons. The molecular formula is C42H58N6O7S. The topological polar surface area (TPSA) is 163 Å². The fraction of sp³-hybridized carbons (Fsp3) is 0.571. The van der Waals surface area contributed by atoms with Gasteiger partial charge in [0.15, 0.2) is 0 Å². The maximum atomic E-state index is 15.0. The lowest BCUT2D eigenvalue weighted by molar-refractivity contribution is -0.144. The molecule has 304 valence electrons. The molecule has 0 bridgehead atoms. The normalized spacial score (nSPS) is 20.7. The molecule has 14 heteroatoms. The van der Waals surface area contributed by atoms with Gasteiger partial charge in [-0.15, -0.1) is 11.3 Å². The number of ether oxygens (including phenoxy) is 2. The van der Waals surface area contributed by atoms with Crippen LogP contribution in [0.25, 0.3) is 0 Å². The average molecular weight is 791 g/mol. The average Bonchev–Trinajstić information content (AvgIpc) is 3.69. The molecular weight excluding hydrogens is 733 g/mol. The number of likely N-dealkylation sites (N-methyl/N-ethyl adjacent to an activating group) is 1. The molecule has 56 heavy (non-hydrogen) atoms. The van der Waals surface area contributed by atoms with Crippen LogP contribution in [0.4, 0.5) is 0 Å². The highest BCUT2D eigenvalue weighted by Crippen LogP contribution is 2.34. The molecule has 1 aliphatic heterocycles. The third-order valence-corrected chi connectivity index (χ3v) is 12.2. The van der Waals surface area contributed by atoms with Crippen molar-refractivity contribution in [2.45, 2.75) is 115 Å². The number of carboxylic acid groups (broad SMARTS) is 1. The predicted molar refractivity (Wildman–Crippen MR) is 214 cm³/mol. The van der Waals surface area contributed by atoms with Gasteiger partial charge in [0.05, 0.1) is 12.0 Å². The van der Waals surface area contributed by atoms with Crippen molar-refractivity contribution < 1.29 is 33.8 Å². The number of benzene rings is 1. The third kappa shape index (κ3) is 10.8. The summed E-state index contributed by atoms with van der Waals surface area (Å²) in [4.78, 5) is 67.5. The minimum Gasteiger partial charge on any atom is -0.481 e. The summed E-state index contributed by atoms with van der Waals surface area (Å²) >= 11 is 1.29. The first-order valence-electron chi connectivity index (χ1n) is 19.8. The Morgan fingerprint density at radius 3 is 2.54 bits per heavy atom. The molecule has 3 amide bonds. The summed E-state index contributed by atoms with van der Waals surface area (Å²) < 4.78 is 11.6. The van der Waals surface area contributed by atoms with Crippen LogP contribution in [-0.4, -0.2) is 100 Å². The van der Waals surface area contributed by atoms with Gasteiger partial charge in [-0.3, -0.25) is 29.1 Å². The molecule has 1 aliphatic carbocycles. The van der Waals surface area contributed by atoms with Gasteiger partial charge in [-0.1, -0.05) is 76.9 Å². The summed E-state index contributed by atoms with van der Waals surface area (Å²) in [5.41, 5.74) is 2.49. The summed E-state index contributed by atoms with van der Waals surface area (Å²) in [6.45, 7) is 9.32. The SMILES string of the molecule is CCC(C)C(NC(=O)C1CCCCN1C)C(=O)N(Cc1ccccc1)[C@H](C[C@@H](OCOC)c1nc(C(=O)N[C@H]2Cc3ncccc3[C@H](C(=O)O)C2)cs1)C(C)C. The fourth-order valence-corrected chi connectivity index (χ4v) is 8.69. The van der Waals surface area contributed by atoms with Crippen LogP contribution in [0.5, 0.6) is 0 Å². The molecule has 3 unspecified atom stereocenters. The minimum atomic E-state index is -0.957. The van der Waals surface area contributed by atoms with Gasteiger partial charge in [0.1, 0.15) is 29.6 Å². The summed E-state index contributed by atoms with van der Waals surface area (Å²) in [5, 5.41) is 18.3. The smallest absolute Gasteiger partial charge is 0.311 e. The largest absolute Gasteiger partial charge is 0.481 e. The van der Waals surface area contributed by atoms with Crippen molar-refractivity contribution in [3.05, 3.63) is 81.6 Å². The summed E-state index contributed by atoms with van der Waals surface area (Å²) in [6, 6.07) is 11.5. The Balaban J connectivity index is 1.40. The number of amides is 3. The number of hydrogen-bond acceptors (Lipinski definition) is 10. The molecule has 0 saturated carbocycles. The second kappa shape index (κ2) is 20.3. The first kappa shape index (κ1) is 42.9. The molecule has 1 fully saturated rings. The monoisotopic (exact) mass is 790 g/mol. The standard InChI is InChI=1S/C42H58N6O7S/c1-7-27(4)37(46-39(50)34-17-11-12-19-47(34)5)41(51)48(23-28-14-9-8-10-15-28)35(26(2)3)22-36(55-25-54-6)40-45-33(24-56-40)38(49)44-29-20-31(42(52)53)30-16-13-18-43-32(30)21-29/h8-10,13-16,18,24,26-27,29,31,34-37H,7,11-12,17,19-23,25H2,1-6H3,(H,44,49)(H,46,50)(H,52,53)/t27?,29-,31-,34?,35-,36-,37?/m1/s1. The number of nitrogens with one attached hydrogen (secondary N) is 2. The zero-order valence-electron chi connectivity index (χ0n) is 33.5. The van der Waals surface area contributed by atoms with Gasteiger partial charge in [0, 0.05) is 55.9 Å². The Labute approximate surface area is 334 Å². The van der Waals surface area contributed by atoms with E-state index in [1.807, 2.05) is 56.1 Å². The second-order valence-corrected chi connectivity index (χ2v) is 16.4. The molecule has 1 aromatic carbocycles. The van der Waals surface area contributed by atoms with Crippen molar-refractivity contribution in [1.29, 1.82) is 0 Å². The van der Waals surface area contributed by atoms with E-state index in [-0.39, 0.29) is 54.6 Å². The molecule has 5 rings (SSSR count). The quantitative estimate of drug-likeness (QED) is 0.139. The molecule has 3 N–H and O–H groups in total. The Hall–Kier alpha value is -4.24. The Bertz CT molecular complexity index is 1770. The zero-order valence-corrected chi connectivity index (χ0v) is 34.3. The van der Waals surface area contributed by atoms with Crippen molar-refractivity contribution >= 4 is 35.0 Å². The van der Waals surface area contributed by atoms with Gasteiger partial charge in [-0.25, -0.2) is 4.98 Å². The first-order chi connectivity index (χ1) is 26.9. The number of piperidine rings is 1. The number of aliphatic carboxylic acids is 1.